The van der Waals surface area contributed by atoms with Gasteiger partial charge in [-0.3, -0.25) is 0 Å². The number of nitrogens with zero attached hydrogens (tertiary/aromatic N) is 5. The lowest BCUT2D eigenvalue weighted by Gasteiger charge is -1.83. The van der Waals surface area contributed by atoms with Crippen LogP contribution < -0.4 is 0 Å². The van der Waals surface area contributed by atoms with Crippen molar-refractivity contribution >= 4 is 0 Å². The van der Waals surface area contributed by atoms with Gasteiger partial charge in [-0.05, 0) is 5.22 Å². The monoisotopic (exact) mass is 123 g/mol. The maximum absolute atomic E-state index is 7.97. The molecule has 0 spiro atoms. The quantitative estimate of drug-likeness (QED) is 0.315. The third-order valence-corrected chi connectivity index (χ3v) is 0.937. The summed E-state index contributed by atoms with van der Waals surface area (Å²) in [5, 5.41) is 3.30. The van der Waals surface area contributed by atoms with Gasteiger partial charge in [-0.25, -0.2) is 4.98 Å². The molecule has 46 valence electrons. The Balaban J connectivity index is 3.07. The second-order valence-electron chi connectivity index (χ2n) is 1.50. The molecule has 0 radical (unpaired) electrons. The van der Waals surface area contributed by atoms with Gasteiger partial charge in [0.2, 0.25) is 5.82 Å². The summed E-state index contributed by atoms with van der Waals surface area (Å²) in [5.74, 6) is 0.688. The van der Waals surface area contributed by atoms with Gasteiger partial charge in [-0.15, -0.1) is 5.53 Å². The molecule has 1 rings (SSSR count). The van der Waals surface area contributed by atoms with Crippen molar-refractivity contribution < 1.29 is 0 Å². The van der Waals surface area contributed by atoms with E-state index in [1.165, 1.54) is 4.68 Å². The van der Waals surface area contributed by atoms with Gasteiger partial charge in [0, 0.05) is 6.92 Å². The second-order valence-corrected chi connectivity index (χ2v) is 1.50. The van der Waals surface area contributed by atoms with Crippen molar-refractivity contribution in [3.63, 3.8) is 0 Å². The van der Waals surface area contributed by atoms with Gasteiger partial charge >= 0.3 is 0 Å². The van der Waals surface area contributed by atoms with Crippen molar-refractivity contribution in [1.29, 1.82) is 0 Å². The summed E-state index contributed by atoms with van der Waals surface area (Å²) < 4.78 is 1.36. The lowest BCUT2D eigenvalue weighted by molar-refractivity contribution is 0.813. The Morgan fingerprint density at radius 3 is 3.11 bits per heavy atom. The van der Waals surface area contributed by atoms with Gasteiger partial charge in [0.05, 0.1) is 6.20 Å². The SMILES string of the molecule is Cc1nccn1N=[N+]=[N-]. The zero-order valence-electron chi connectivity index (χ0n) is 4.89. The number of aromatic nitrogens is 2. The molecule has 5 nitrogen and oxygen atoms in total. The maximum Gasteiger partial charge on any atom is 0.201 e. The van der Waals surface area contributed by atoms with E-state index in [1.54, 1.807) is 19.3 Å². The molecule has 0 bridgehead atoms. The molecule has 0 aliphatic heterocycles. The summed E-state index contributed by atoms with van der Waals surface area (Å²) in [5.41, 5.74) is 7.97. The molecule has 0 N–H and O–H groups in total. The lowest BCUT2D eigenvalue weighted by Crippen LogP contribution is -1.86. The highest BCUT2D eigenvalue weighted by atomic mass is 15.5. The van der Waals surface area contributed by atoms with Crippen LogP contribution in [0, 0.1) is 6.92 Å². The zero-order chi connectivity index (χ0) is 6.69. The summed E-state index contributed by atoms with van der Waals surface area (Å²) in [7, 11) is 0. The highest BCUT2D eigenvalue weighted by Crippen LogP contribution is 1.92. The fourth-order valence-electron chi connectivity index (χ4n) is 0.509. The Morgan fingerprint density at radius 1 is 1.89 bits per heavy atom. The summed E-state index contributed by atoms with van der Waals surface area (Å²) in [6, 6.07) is 0. The number of aryl methyl sites for hydroxylation is 1. The van der Waals surface area contributed by atoms with E-state index in [9.17, 15) is 0 Å². The van der Waals surface area contributed by atoms with Gasteiger partial charge in [-0.2, -0.15) is 9.59 Å². The highest BCUT2D eigenvalue weighted by Gasteiger charge is 1.94. The van der Waals surface area contributed by atoms with Gasteiger partial charge in [0.25, 0.3) is 0 Å². The molecule has 0 fully saturated rings. The molecule has 0 amide bonds. The average Bonchev–Trinajstić information content (AvgIpc) is 2.18. The van der Waals surface area contributed by atoms with Crippen LogP contribution in [0.25, 0.3) is 10.4 Å². The molecule has 1 heterocycles. The molecule has 1 aromatic rings. The molecule has 0 aromatic carbocycles. The third kappa shape index (κ3) is 1.00. The van der Waals surface area contributed by atoms with Crippen LogP contribution in [0.2, 0.25) is 0 Å². The zero-order valence-corrected chi connectivity index (χ0v) is 4.89. The van der Waals surface area contributed by atoms with E-state index in [4.69, 9.17) is 5.53 Å². The second kappa shape index (κ2) is 2.19. The molecule has 0 aliphatic rings. The van der Waals surface area contributed by atoms with E-state index in [-0.39, 0.29) is 0 Å². The fraction of sp³-hybridized carbons (Fsp3) is 0.250. The first-order chi connectivity index (χ1) is 4.34. The number of hydrogen-bond donors (Lipinski definition) is 0. The summed E-state index contributed by atoms with van der Waals surface area (Å²) in [6.07, 6.45) is 3.17. The fourth-order valence-corrected chi connectivity index (χ4v) is 0.509. The van der Waals surface area contributed by atoms with Crippen LogP contribution in [0.5, 0.6) is 0 Å². The Morgan fingerprint density at radius 2 is 2.67 bits per heavy atom. The lowest BCUT2D eigenvalue weighted by atomic mass is 10.7. The van der Waals surface area contributed by atoms with Gasteiger partial charge < -0.3 is 0 Å². The van der Waals surface area contributed by atoms with Crippen LogP contribution in [0.4, 0.5) is 0 Å². The van der Waals surface area contributed by atoms with E-state index in [1.807, 2.05) is 0 Å². The van der Waals surface area contributed by atoms with Crippen LogP contribution >= 0.6 is 0 Å². The summed E-state index contributed by atoms with van der Waals surface area (Å²) in [4.78, 5) is 6.42. The minimum absolute atomic E-state index is 0.688. The van der Waals surface area contributed by atoms with E-state index >= 15 is 0 Å². The van der Waals surface area contributed by atoms with Crippen molar-refractivity contribution in [3.8, 4) is 0 Å². The molecule has 0 unspecified atom stereocenters. The van der Waals surface area contributed by atoms with Crippen molar-refractivity contribution in [2.75, 3.05) is 0 Å². The van der Waals surface area contributed by atoms with Gasteiger partial charge in [0.15, 0.2) is 0 Å². The van der Waals surface area contributed by atoms with Crippen molar-refractivity contribution in [3.05, 3.63) is 28.7 Å². The highest BCUT2D eigenvalue weighted by molar-refractivity contribution is 4.87. The third-order valence-electron chi connectivity index (χ3n) is 0.937. The summed E-state index contributed by atoms with van der Waals surface area (Å²) in [6.45, 7) is 1.76. The van der Waals surface area contributed by atoms with Crippen molar-refractivity contribution in [2.24, 2.45) is 5.22 Å². The van der Waals surface area contributed by atoms with Gasteiger partial charge in [0.1, 0.15) is 6.20 Å². The molecule has 0 saturated heterocycles. The molecule has 5 heteroatoms. The molecular weight excluding hydrogens is 118 g/mol. The van der Waals surface area contributed by atoms with Crippen molar-refractivity contribution in [1.82, 2.24) is 9.66 Å². The predicted molar refractivity (Wildman–Crippen MR) is 31.5 cm³/mol. The topological polar surface area (TPSA) is 66.6 Å². The van der Waals surface area contributed by atoms with E-state index < -0.39 is 0 Å². The van der Waals surface area contributed by atoms with Crippen LogP contribution in [0.1, 0.15) is 5.82 Å². The molecule has 0 saturated carbocycles. The standard InChI is InChI=1S/C4H5N5/c1-4-6-2-3-9(4)8-7-5/h2-3H,1H3. The molecule has 9 heavy (non-hydrogen) atoms. The number of rotatable bonds is 1. The largest absolute Gasteiger partial charge is 0.218 e. The maximum atomic E-state index is 7.97. The first kappa shape index (κ1) is 5.65. The van der Waals surface area contributed by atoms with Crippen LogP contribution in [0.15, 0.2) is 17.6 Å². The molecule has 0 aliphatic carbocycles. The molecular formula is C4H5N5. The number of azide groups is 1. The average molecular weight is 123 g/mol. The van der Waals surface area contributed by atoms with E-state index in [0.717, 1.165) is 0 Å². The van der Waals surface area contributed by atoms with Crippen LogP contribution in [0.3, 0.4) is 0 Å². The Hall–Kier alpha value is -1.48. The predicted octanol–water partition coefficient (Wildman–Crippen LogP) is 1.26. The van der Waals surface area contributed by atoms with E-state index in [0.29, 0.717) is 5.82 Å². The Bertz CT molecular complexity index is 243. The Kier molecular flexibility index (Phi) is 1.38. The van der Waals surface area contributed by atoms with Gasteiger partial charge in [-0.1, -0.05) is 0 Å². The number of hydrogen-bond acceptors (Lipinski definition) is 2. The molecule has 1 aromatic heterocycles. The number of imidazole rings is 1. The Labute approximate surface area is 51.5 Å². The van der Waals surface area contributed by atoms with E-state index in [2.05, 4.69) is 15.1 Å². The molecule has 0 atom stereocenters. The minimum Gasteiger partial charge on any atom is -0.218 e. The first-order valence-electron chi connectivity index (χ1n) is 2.40. The minimum atomic E-state index is 0.688. The smallest absolute Gasteiger partial charge is 0.201 e. The van der Waals surface area contributed by atoms with Crippen LogP contribution in [-0.2, 0) is 0 Å². The summed E-state index contributed by atoms with van der Waals surface area (Å²) >= 11 is 0. The normalized spacial score (nSPS) is 8.56. The van der Waals surface area contributed by atoms with Crippen molar-refractivity contribution in [2.45, 2.75) is 6.92 Å². The first-order valence-corrected chi connectivity index (χ1v) is 2.40. The van der Waals surface area contributed by atoms with Crippen LogP contribution in [-0.4, -0.2) is 9.66 Å².